The van der Waals surface area contributed by atoms with Crippen LogP contribution < -0.4 is 15.4 Å². The highest BCUT2D eigenvalue weighted by Crippen LogP contribution is 2.33. The first-order chi connectivity index (χ1) is 24.7. The lowest BCUT2D eigenvalue weighted by Gasteiger charge is -2.26. The Morgan fingerprint density at radius 2 is 1.10 bits per heavy atom. The molecule has 7 heteroatoms. The fraction of sp³-hybridized carbons (Fsp3) is 0.533. The van der Waals surface area contributed by atoms with Crippen LogP contribution in [0.3, 0.4) is 0 Å². The summed E-state index contributed by atoms with van der Waals surface area (Å²) >= 11 is 0. The molecule has 0 fully saturated rings. The molecule has 0 radical (unpaired) electrons. The number of carbonyl (C=O) groups is 3. The third-order valence-corrected chi connectivity index (χ3v) is 9.38. The van der Waals surface area contributed by atoms with Crippen molar-refractivity contribution in [3.8, 4) is 5.75 Å². The van der Waals surface area contributed by atoms with Gasteiger partial charge < -0.3 is 20.1 Å². The number of unbranched alkanes of at least 4 members (excludes halogenated alkanes) is 7. The summed E-state index contributed by atoms with van der Waals surface area (Å²) in [7, 11) is 0. The van der Waals surface area contributed by atoms with Crippen molar-refractivity contribution in [3.63, 3.8) is 0 Å². The Hall–Kier alpha value is -4.13. The van der Waals surface area contributed by atoms with Crippen LogP contribution in [-0.2, 0) is 30.0 Å². The predicted molar refractivity (Wildman–Crippen MR) is 212 cm³/mol. The van der Waals surface area contributed by atoms with Crippen molar-refractivity contribution in [1.82, 2.24) is 10.6 Å². The van der Waals surface area contributed by atoms with Gasteiger partial charge in [0.2, 0.25) is 11.8 Å². The van der Waals surface area contributed by atoms with Crippen LogP contribution in [0.25, 0.3) is 0 Å². The number of carbonyl (C=O) groups excluding carboxylic acids is 3. The summed E-state index contributed by atoms with van der Waals surface area (Å²) in [6.45, 7) is 18.0. The van der Waals surface area contributed by atoms with Crippen LogP contribution in [-0.4, -0.2) is 43.6 Å². The van der Waals surface area contributed by atoms with Crippen LogP contribution in [0, 0.1) is 5.92 Å². The zero-order chi connectivity index (χ0) is 38.1. The second-order valence-electron chi connectivity index (χ2n) is 16.4. The summed E-state index contributed by atoms with van der Waals surface area (Å²) in [4.78, 5) is 39.0. The van der Waals surface area contributed by atoms with E-state index in [0.29, 0.717) is 6.61 Å². The van der Waals surface area contributed by atoms with Gasteiger partial charge in [0.1, 0.15) is 11.8 Å². The molecule has 2 N–H and O–H groups in total. The molecule has 0 aliphatic rings. The highest BCUT2D eigenvalue weighted by molar-refractivity contribution is 5.92. The van der Waals surface area contributed by atoms with E-state index >= 15 is 0 Å². The Labute approximate surface area is 313 Å². The summed E-state index contributed by atoms with van der Waals surface area (Å²) in [6.07, 6.45) is 8.59. The molecule has 0 saturated carbocycles. The zero-order valence-corrected chi connectivity index (χ0v) is 33.1. The molecule has 0 saturated heterocycles. The maximum Gasteiger partial charge on any atom is 0.328 e. The van der Waals surface area contributed by atoms with Crippen molar-refractivity contribution in [2.75, 3.05) is 19.8 Å². The van der Waals surface area contributed by atoms with Gasteiger partial charge in [-0.25, -0.2) is 4.79 Å². The standard InChI is InChI=1S/C45H64N2O5/c1-33(2)41(47-39(48)32-46-42(49)40(34-23-17-15-18-24-34)35-25-19-16-20-26-35)43(50)52-28-22-14-12-10-9-11-13-21-27-51-38-30-36(44(3,4)5)29-37(31-38)45(6,7)8/h15-20,23-26,29-31,33,40-41H,9-14,21-22,27-28,32H2,1-8H3,(H,46,49)(H,47,48)/t41-/m0/s1. The van der Waals surface area contributed by atoms with Crippen LogP contribution in [0.4, 0.5) is 0 Å². The Bertz CT molecular complexity index is 1450. The lowest BCUT2D eigenvalue weighted by molar-refractivity contribution is -0.149. The number of hydrogen-bond donors (Lipinski definition) is 2. The number of ether oxygens (including phenoxy) is 2. The van der Waals surface area contributed by atoms with Gasteiger partial charge in [0, 0.05) is 0 Å². The van der Waals surface area contributed by atoms with Gasteiger partial charge in [-0.15, -0.1) is 0 Å². The van der Waals surface area contributed by atoms with Gasteiger partial charge in [0.15, 0.2) is 0 Å². The molecule has 0 unspecified atom stereocenters. The molecule has 3 aromatic rings. The van der Waals surface area contributed by atoms with Gasteiger partial charge in [-0.2, -0.15) is 0 Å². The van der Waals surface area contributed by atoms with Crippen molar-refractivity contribution < 1.29 is 23.9 Å². The second kappa shape index (κ2) is 20.8. The lowest BCUT2D eigenvalue weighted by Crippen LogP contribution is -2.49. The van der Waals surface area contributed by atoms with Gasteiger partial charge in [-0.05, 0) is 64.0 Å². The highest BCUT2D eigenvalue weighted by Gasteiger charge is 2.27. The Kier molecular flexibility index (Phi) is 16.9. The first-order valence-electron chi connectivity index (χ1n) is 19.3. The minimum Gasteiger partial charge on any atom is -0.494 e. The average Bonchev–Trinajstić information content (AvgIpc) is 3.10. The quantitative estimate of drug-likeness (QED) is 0.0900. The maximum absolute atomic E-state index is 13.3. The summed E-state index contributed by atoms with van der Waals surface area (Å²) in [5.41, 5.74) is 4.45. The van der Waals surface area contributed by atoms with E-state index in [-0.39, 0.29) is 29.2 Å². The minimum atomic E-state index is -0.782. The Morgan fingerprint density at radius 3 is 1.56 bits per heavy atom. The zero-order valence-electron chi connectivity index (χ0n) is 33.1. The second-order valence-corrected chi connectivity index (χ2v) is 16.4. The summed E-state index contributed by atoms with van der Waals surface area (Å²) in [5.74, 6) is -0.889. The molecular weight excluding hydrogens is 649 g/mol. The van der Waals surface area contributed by atoms with Crippen LogP contribution in [0.2, 0.25) is 0 Å². The maximum atomic E-state index is 13.3. The fourth-order valence-corrected chi connectivity index (χ4v) is 6.04. The molecule has 1 atom stereocenters. The number of amides is 2. The highest BCUT2D eigenvalue weighted by atomic mass is 16.5. The van der Waals surface area contributed by atoms with E-state index in [0.717, 1.165) is 62.0 Å². The first-order valence-corrected chi connectivity index (χ1v) is 19.3. The van der Waals surface area contributed by atoms with E-state index in [9.17, 15) is 14.4 Å². The third kappa shape index (κ3) is 14.5. The minimum absolute atomic E-state index is 0.0773. The van der Waals surface area contributed by atoms with Gasteiger partial charge in [0.05, 0.1) is 25.7 Å². The first kappa shape index (κ1) is 42.3. The van der Waals surface area contributed by atoms with Crippen LogP contribution >= 0.6 is 0 Å². The smallest absolute Gasteiger partial charge is 0.328 e. The molecule has 2 amide bonds. The van der Waals surface area contributed by atoms with Gasteiger partial charge >= 0.3 is 5.97 Å². The third-order valence-electron chi connectivity index (χ3n) is 9.38. The van der Waals surface area contributed by atoms with E-state index < -0.39 is 23.8 Å². The van der Waals surface area contributed by atoms with Gasteiger partial charge in [0.25, 0.3) is 0 Å². The molecule has 52 heavy (non-hydrogen) atoms. The topological polar surface area (TPSA) is 93.7 Å². The van der Waals surface area contributed by atoms with Crippen LogP contribution in [0.1, 0.15) is 135 Å². The monoisotopic (exact) mass is 712 g/mol. The predicted octanol–water partition coefficient (Wildman–Crippen LogP) is 9.41. The molecule has 0 aromatic heterocycles. The molecule has 0 bridgehead atoms. The van der Waals surface area contributed by atoms with Crippen molar-refractivity contribution in [1.29, 1.82) is 0 Å². The average molecular weight is 713 g/mol. The van der Waals surface area contributed by atoms with Crippen molar-refractivity contribution in [2.45, 2.75) is 130 Å². The molecule has 0 heterocycles. The van der Waals surface area contributed by atoms with E-state index in [2.05, 4.69) is 70.4 Å². The Balaban J connectivity index is 1.29. The SMILES string of the molecule is CC(C)[C@H](NC(=O)CNC(=O)C(c1ccccc1)c1ccccc1)C(=O)OCCCCCCCCCCOc1cc(C(C)(C)C)cc(C(C)(C)C)c1. The van der Waals surface area contributed by atoms with Crippen molar-refractivity contribution >= 4 is 17.8 Å². The van der Waals surface area contributed by atoms with E-state index in [4.69, 9.17) is 9.47 Å². The summed E-state index contributed by atoms with van der Waals surface area (Å²) in [6, 6.07) is 24.9. The summed E-state index contributed by atoms with van der Waals surface area (Å²) < 4.78 is 11.8. The van der Waals surface area contributed by atoms with Crippen LogP contribution in [0.5, 0.6) is 5.75 Å². The van der Waals surface area contributed by atoms with Crippen LogP contribution in [0.15, 0.2) is 78.9 Å². The lowest BCUT2D eigenvalue weighted by atomic mass is 9.80. The van der Waals surface area contributed by atoms with Gasteiger partial charge in [-0.3, -0.25) is 9.59 Å². The van der Waals surface area contributed by atoms with E-state index in [1.807, 2.05) is 74.5 Å². The molecule has 284 valence electrons. The normalized spacial score (nSPS) is 12.4. The molecule has 3 aromatic carbocycles. The molecule has 3 rings (SSSR count). The molecule has 0 aliphatic heterocycles. The number of rotatable bonds is 20. The largest absolute Gasteiger partial charge is 0.494 e. The van der Waals surface area contributed by atoms with Gasteiger partial charge in [-0.1, -0.05) is 161 Å². The van der Waals surface area contributed by atoms with Crippen molar-refractivity contribution in [3.05, 3.63) is 101 Å². The molecule has 0 aliphatic carbocycles. The summed E-state index contributed by atoms with van der Waals surface area (Å²) in [5, 5.41) is 5.53. The number of esters is 1. The van der Waals surface area contributed by atoms with E-state index in [1.165, 1.54) is 24.0 Å². The number of nitrogens with one attached hydrogen (secondary N) is 2. The molecular formula is C45H64N2O5. The number of benzene rings is 3. The van der Waals surface area contributed by atoms with E-state index in [1.54, 1.807) is 0 Å². The van der Waals surface area contributed by atoms with Crippen molar-refractivity contribution in [2.24, 2.45) is 5.92 Å². The fourth-order valence-electron chi connectivity index (χ4n) is 6.04. The molecule has 7 nitrogen and oxygen atoms in total. The number of hydrogen-bond acceptors (Lipinski definition) is 5. The molecule has 0 spiro atoms. The Morgan fingerprint density at radius 1 is 0.635 bits per heavy atom.